The first-order valence-corrected chi connectivity index (χ1v) is 7.09. The number of nitrogen functional groups attached to an aromatic ring is 1. The Bertz CT molecular complexity index is 572. The maximum absolute atomic E-state index is 13.0. The van der Waals surface area contributed by atoms with Crippen LogP contribution in [0.2, 0.25) is 0 Å². The van der Waals surface area contributed by atoms with Crippen molar-refractivity contribution in [1.29, 1.82) is 0 Å². The minimum atomic E-state index is -1.26. The lowest BCUT2D eigenvalue weighted by molar-refractivity contribution is 0.342. The minimum absolute atomic E-state index is 0.299. The molecule has 19 heavy (non-hydrogen) atoms. The van der Waals surface area contributed by atoms with Crippen LogP contribution in [0.25, 0.3) is 0 Å². The molecule has 100 valence electrons. The van der Waals surface area contributed by atoms with E-state index >= 15 is 0 Å². The van der Waals surface area contributed by atoms with Gasteiger partial charge in [-0.15, -0.1) is 0 Å². The normalized spacial score (nSPS) is 12.1. The van der Waals surface area contributed by atoms with Crippen LogP contribution in [-0.4, -0.2) is 16.6 Å². The second-order valence-electron chi connectivity index (χ2n) is 3.92. The number of hydrogen-bond donors (Lipinski definition) is 1. The number of nitrogens with two attached hydrogens (primary N) is 1. The summed E-state index contributed by atoms with van der Waals surface area (Å²) in [6, 6.07) is 12.8. The molecule has 5 heteroatoms. The number of rotatable bonds is 5. The van der Waals surface area contributed by atoms with Crippen molar-refractivity contribution in [2.45, 2.75) is 4.90 Å². The lowest BCUT2D eigenvalue weighted by atomic mass is 10.3. The van der Waals surface area contributed by atoms with E-state index in [0.717, 1.165) is 0 Å². The summed E-state index contributed by atoms with van der Waals surface area (Å²) < 4.78 is 30.3. The van der Waals surface area contributed by atoms with E-state index < -0.39 is 10.8 Å². The summed E-state index contributed by atoms with van der Waals surface area (Å²) in [6.45, 7) is 0.299. The fraction of sp³-hybridized carbons (Fsp3) is 0.143. The highest BCUT2D eigenvalue weighted by Gasteiger charge is 2.05. The first kappa shape index (κ1) is 13.5. The van der Waals surface area contributed by atoms with Crippen LogP contribution >= 0.6 is 0 Å². The van der Waals surface area contributed by atoms with Crippen molar-refractivity contribution < 1.29 is 13.3 Å². The number of ether oxygens (including phenoxy) is 1. The minimum Gasteiger partial charge on any atom is -0.493 e. The van der Waals surface area contributed by atoms with Crippen molar-refractivity contribution in [2.75, 3.05) is 18.1 Å². The third-order valence-corrected chi connectivity index (χ3v) is 3.79. The van der Waals surface area contributed by atoms with E-state index in [2.05, 4.69) is 0 Å². The van der Waals surface area contributed by atoms with E-state index in [0.29, 0.717) is 28.7 Å². The van der Waals surface area contributed by atoms with Gasteiger partial charge in [0.15, 0.2) is 0 Å². The predicted molar refractivity (Wildman–Crippen MR) is 74.0 cm³/mol. The van der Waals surface area contributed by atoms with Crippen molar-refractivity contribution in [3.8, 4) is 5.75 Å². The molecule has 0 aliphatic carbocycles. The van der Waals surface area contributed by atoms with Gasteiger partial charge in [-0.1, -0.05) is 6.07 Å². The molecule has 2 N–H and O–H groups in total. The molecule has 0 radical (unpaired) electrons. The van der Waals surface area contributed by atoms with Gasteiger partial charge in [-0.25, -0.2) is 4.39 Å². The average molecular weight is 279 g/mol. The molecule has 0 aliphatic rings. The summed E-state index contributed by atoms with van der Waals surface area (Å²) >= 11 is 0. The van der Waals surface area contributed by atoms with Gasteiger partial charge in [0.25, 0.3) is 0 Å². The molecule has 0 heterocycles. The maximum Gasteiger partial charge on any atom is 0.124 e. The standard InChI is InChI=1S/C14H14FNO2S/c15-11-2-1-3-14(10-11)19(17)9-8-18-13-6-4-12(16)5-7-13/h1-7,10H,8-9,16H2. The van der Waals surface area contributed by atoms with Crippen LogP contribution in [0.1, 0.15) is 0 Å². The van der Waals surface area contributed by atoms with Crippen LogP contribution in [0, 0.1) is 5.82 Å². The summed E-state index contributed by atoms with van der Waals surface area (Å²) in [5.41, 5.74) is 6.22. The molecule has 0 bridgehead atoms. The van der Waals surface area contributed by atoms with Gasteiger partial charge in [0.2, 0.25) is 0 Å². The lowest BCUT2D eigenvalue weighted by Crippen LogP contribution is -2.08. The zero-order chi connectivity index (χ0) is 13.7. The lowest BCUT2D eigenvalue weighted by Gasteiger charge is -2.06. The van der Waals surface area contributed by atoms with E-state index in [-0.39, 0.29) is 5.82 Å². The molecule has 0 amide bonds. The Balaban J connectivity index is 1.86. The van der Waals surface area contributed by atoms with Crippen LogP contribution in [0.3, 0.4) is 0 Å². The monoisotopic (exact) mass is 279 g/mol. The van der Waals surface area contributed by atoms with Gasteiger partial charge >= 0.3 is 0 Å². The molecule has 2 rings (SSSR count). The van der Waals surface area contributed by atoms with E-state index in [4.69, 9.17) is 10.5 Å². The van der Waals surface area contributed by atoms with Crippen LogP contribution in [0.15, 0.2) is 53.4 Å². The van der Waals surface area contributed by atoms with Crippen molar-refractivity contribution in [3.63, 3.8) is 0 Å². The van der Waals surface area contributed by atoms with Gasteiger partial charge in [-0.3, -0.25) is 4.21 Å². The van der Waals surface area contributed by atoms with E-state index in [1.54, 1.807) is 36.4 Å². The first-order valence-electron chi connectivity index (χ1n) is 5.77. The Kier molecular flexibility index (Phi) is 4.52. The molecule has 2 aromatic carbocycles. The van der Waals surface area contributed by atoms with Crippen LogP contribution in [0.5, 0.6) is 5.75 Å². The quantitative estimate of drug-likeness (QED) is 0.856. The SMILES string of the molecule is Nc1ccc(OCCS(=O)c2cccc(F)c2)cc1. The number of anilines is 1. The van der Waals surface area contributed by atoms with Crippen LogP contribution < -0.4 is 10.5 Å². The van der Waals surface area contributed by atoms with Crippen molar-refractivity contribution >= 4 is 16.5 Å². The van der Waals surface area contributed by atoms with Gasteiger partial charge in [-0.05, 0) is 42.5 Å². The molecule has 3 nitrogen and oxygen atoms in total. The molecule has 1 atom stereocenters. The summed E-state index contributed by atoms with van der Waals surface area (Å²) in [6.07, 6.45) is 0. The molecule has 0 saturated heterocycles. The second kappa shape index (κ2) is 6.33. The molecular formula is C14H14FNO2S. The topological polar surface area (TPSA) is 52.3 Å². The van der Waals surface area contributed by atoms with Crippen LogP contribution in [0.4, 0.5) is 10.1 Å². The van der Waals surface area contributed by atoms with E-state index in [1.807, 2.05) is 0 Å². The number of hydrogen-bond acceptors (Lipinski definition) is 3. The summed E-state index contributed by atoms with van der Waals surface area (Å²) in [5, 5.41) is 0. The predicted octanol–water partition coefficient (Wildman–Crippen LogP) is 2.59. The van der Waals surface area contributed by atoms with E-state index in [1.165, 1.54) is 12.1 Å². The second-order valence-corrected chi connectivity index (χ2v) is 5.50. The van der Waals surface area contributed by atoms with Gasteiger partial charge in [0, 0.05) is 10.6 Å². The highest BCUT2D eigenvalue weighted by atomic mass is 32.2. The number of halogens is 1. The Hall–Kier alpha value is -1.88. The number of benzene rings is 2. The third-order valence-electron chi connectivity index (χ3n) is 2.48. The summed E-state index contributed by atoms with van der Waals surface area (Å²) in [4.78, 5) is 0.473. The van der Waals surface area contributed by atoms with Crippen molar-refractivity contribution in [1.82, 2.24) is 0 Å². The van der Waals surface area contributed by atoms with Gasteiger partial charge in [0.1, 0.15) is 18.2 Å². The molecule has 0 spiro atoms. The van der Waals surface area contributed by atoms with Gasteiger partial charge in [-0.2, -0.15) is 0 Å². The maximum atomic E-state index is 13.0. The zero-order valence-corrected chi connectivity index (χ0v) is 11.0. The fourth-order valence-electron chi connectivity index (χ4n) is 1.53. The molecule has 0 fully saturated rings. The Labute approximate surface area is 113 Å². The summed E-state index contributed by atoms with van der Waals surface area (Å²) in [7, 11) is -1.26. The first-order chi connectivity index (χ1) is 9.15. The van der Waals surface area contributed by atoms with Crippen LogP contribution in [-0.2, 0) is 10.8 Å². The highest BCUT2D eigenvalue weighted by Crippen LogP contribution is 2.14. The largest absolute Gasteiger partial charge is 0.493 e. The Morgan fingerprint density at radius 1 is 1.16 bits per heavy atom. The summed E-state index contributed by atoms with van der Waals surface area (Å²) in [5.74, 6) is 0.601. The smallest absolute Gasteiger partial charge is 0.124 e. The molecule has 0 saturated carbocycles. The van der Waals surface area contributed by atoms with Gasteiger partial charge < -0.3 is 10.5 Å². The Morgan fingerprint density at radius 2 is 1.89 bits per heavy atom. The molecule has 0 aliphatic heterocycles. The molecule has 1 unspecified atom stereocenters. The fourth-order valence-corrected chi connectivity index (χ4v) is 2.47. The molecular weight excluding hydrogens is 265 g/mol. The van der Waals surface area contributed by atoms with Gasteiger partial charge in [0.05, 0.1) is 16.6 Å². The van der Waals surface area contributed by atoms with E-state index in [9.17, 15) is 8.60 Å². The molecule has 2 aromatic rings. The van der Waals surface area contributed by atoms with Crippen molar-refractivity contribution in [2.24, 2.45) is 0 Å². The third kappa shape index (κ3) is 4.06. The highest BCUT2D eigenvalue weighted by molar-refractivity contribution is 7.85. The van der Waals surface area contributed by atoms with Crippen molar-refractivity contribution in [3.05, 3.63) is 54.3 Å². The average Bonchev–Trinajstić information content (AvgIpc) is 2.41. The zero-order valence-electron chi connectivity index (χ0n) is 10.2. The Morgan fingerprint density at radius 3 is 2.58 bits per heavy atom. The molecule has 0 aromatic heterocycles.